The third-order valence-electron chi connectivity index (χ3n) is 6.31. The lowest BCUT2D eigenvalue weighted by molar-refractivity contribution is 0.305. The molecule has 7 aromatic rings. The third kappa shape index (κ3) is 4.01. The Hall–Kier alpha value is -5.44. The number of hydrogen-bond donors (Lipinski definition) is 2. The first-order chi connectivity index (χ1) is 18.8. The Morgan fingerprint density at radius 2 is 1.63 bits per heavy atom. The fourth-order valence-electron chi connectivity index (χ4n) is 4.42. The Bertz CT molecular complexity index is 1880. The summed E-state index contributed by atoms with van der Waals surface area (Å²) in [6.45, 7) is 0.465. The number of pyridine rings is 4. The molecule has 0 aliphatic rings. The summed E-state index contributed by atoms with van der Waals surface area (Å²) in [5, 5.41) is 8.51. The summed E-state index contributed by atoms with van der Waals surface area (Å²) in [7, 11) is 0. The largest absolute Gasteiger partial charge is 0.487 e. The molecule has 0 fully saturated rings. The van der Waals surface area contributed by atoms with Gasteiger partial charge in [-0.25, -0.2) is 4.98 Å². The molecule has 6 heterocycles. The number of H-pyrrole nitrogens is 2. The summed E-state index contributed by atoms with van der Waals surface area (Å²) in [6, 6.07) is 17.8. The van der Waals surface area contributed by atoms with E-state index in [0.717, 1.165) is 49.9 Å². The minimum Gasteiger partial charge on any atom is -0.487 e. The van der Waals surface area contributed by atoms with Crippen LogP contribution in [0, 0.1) is 0 Å². The van der Waals surface area contributed by atoms with Gasteiger partial charge in [0.15, 0.2) is 5.82 Å². The number of fused-ring (bicyclic) bond motifs is 2. The first kappa shape index (κ1) is 21.8. The van der Waals surface area contributed by atoms with Crippen molar-refractivity contribution in [1.82, 2.24) is 40.1 Å². The number of hydrogen-bond acceptors (Lipinski definition) is 7. The average molecular weight is 497 g/mol. The Labute approximate surface area is 216 Å². The second-order valence-electron chi connectivity index (χ2n) is 8.78. The van der Waals surface area contributed by atoms with Gasteiger partial charge in [0.1, 0.15) is 18.1 Å². The van der Waals surface area contributed by atoms with Gasteiger partial charge in [-0.1, -0.05) is 30.3 Å². The van der Waals surface area contributed by atoms with Gasteiger partial charge in [0.25, 0.3) is 0 Å². The molecule has 0 saturated heterocycles. The Morgan fingerprint density at radius 1 is 0.763 bits per heavy atom. The van der Waals surface area contributed by atoms with Gasteiger partial charge in [-0.05, 0) is 35.4 Å². The normalized spacial score (nSPS) is 11.3. The molecule has 1 aromatic carbocycles. The van der Waals surface area contributed by atoms with E-state index >= 15 is 0 Å². The molecule has 0 unspecified atom stereocenters. The van der Waals surface area contributed by atoms with Crippen molar-refractivity contribution in [2.75, 3.05) is 0 Å². The summed E-state index contributed by atoms with van der Waals surface area (Å²) in [4.78, 5) is 25.8. The van der Waals surface area contributed by atoms with Crippen LogP contribution >= 0.6 is 0 Å². The van der Waals surface area contributed by atoms with Gasteiger partial charge in [-0.2, -0.15) is 5.10 Å². The number of imidazole rings is 1. The number of aromatic amines is 2. The van der Waals surface area contributed by atoms with Crippen LogP contribution in [-0.2, 0) is 6.61 Å². The smallest absolute Gasteiger partial charge is 0.159 e. The quantitative estimate of drug-likeness (QED) is 0.308. The topological polar surface area (TPSA) is 118 Å². The predicted octanol–water partition coefficient (Wildman–Crippen LogP) is 5.60. The molecular formula is C29H20N8O. The van der Waals surface area contributed by atoms with E-state index in [0.29, 0.717) is 23.9 Å². The van der Waals surface area contributed by atoms with Gasteiger partial charge in [-0.15, -0.1) is 0 Å². The SMILES string of the molecule is c1ccc(COc2cncc(-c3cc4c(-c5nc6c(-c7ccncc7)cncc6[nH]5)n[nH]c4cn3)c2)cc1. The van der Waals surface area contributed by atoms with E-state index in [2.05, 4.69) is 35.1 Å². The van der Waals surface area contributed by atoms with Crippen LogP contribution in [0.4, 0.5) is 0 Å². The highest BCUT2D eigenvalue weighted by molar-refractivity contribution is 5.97. The van der Waals surface area contributed by atoms with E-state index in [1.807, 2.05) is 60.8 Å². The number of nitrogens with zero attached hydrogens (tertiary/aromatic N) is 6. The number of nitrogens with one attached hydrogen (secondary N) is 2. The van der Waals surface area contributed by atoms with E-state index in [1.165, 1.54) is 0 Å². The highest BCUT2D eigenvalue weighted by atomic mass is 16.5. The van der Waals surface area contributed by atoms with Gasteiger partial charge < -0.3 is 9.72 Å². The summed E-state index contributed by atoms with van der Waals surface area (Å²) >= 11 is 0. The van der Waals surface area contributed by atoms with Crippen molar-refractivity contribution in [1.29, 1.82) is 0 Å². The standard InChI is InChI=1S/C29H20N8O/c1-2-4-18(5-3-1)17-38-21-10-20(12-31-13-21)24-11-22-25(16-33-24)36-37-28(22)29-34-26-15-32-14-23(27(26)35-29)19-6-8-30-9-7-19/h1-16H,17H2,(H,34,35)(H,36,37). The molecule has 0 saturated carbocycles. The van der Waals surface area contributed by atoms with Crippen LogP contribution < -0.4 is 4.74 Å². The molecule has 0 aliphatic carbocycles. The maximum Gasteiger partial charge on any atom is 0.159 e. The highest BCUT2D eigenvalue weighted by Gasteiger charge is 2.17. The van der Waals surface area contributed by atoms with Crippen LogP contribution in [0.1, 0.15) is 5.56 Å². The van der Waals surface area contributed by atoms with E-state index in [9.17, 15) is 0 Å². The van der Waals surface area contributed by atoms with E-state index in [1.54, 1.807) is 37.2 Å². The molecule has 0 radical (unpaired) electrons. The second kappa shape index (κ2) is 9.21. The zero-order valence-corrected chi connectivity index (χ0v) is 20.0. The molecule has 0 aliphatic heterocycles. The van der Waals surface area contributed by atoms with Gasteiger partial charge in [0, 0.05) is 41.3 Å². The molecular weight excluding hydrogens is 476 g/mol. The lowest BCUT2D eigenvalue weighted by Crippen LogP contribution is -1.96. The summed E-state index contributed by atoms with van der Waals surface area (Å²) in [6.07, 6.45) is 12.3. The van der Waals surface area contributed by atoms with Crippen LogP contribution in [0.5, 0.6) is 5.75 Å². The summed E-state index contributed by atoms with van der Waals surface area (Å²) < 4.78 is 5.97. The van der Waals surface area contributed by atoms with E-state index < -0.39 is 0 Å². The number of benzene rings is 1. The predicted molar refractivity (Wildman–Crippen MR) is 144 cm³/mol. The maximum atomic E-state index is 5.97. The molecule has 0 spiro atoms. The molecule has 38 heavy (non-hydrogen) atoms. The second-order valence-corrected chi connectivity index (χ2v) is 8.78. The fourth-order valence-corrected chi connectivity index (χ4v) is 4.42. The molecule has 9 heteroatoms. The van der Waals surface area contributed by atoms with Gasteiger partial charge >= 0.3 is 0 Å². The van der Waals surface area contributed by atoms with Crippen LogP contribution in [0.25, 0.3) is 55.8 Å². The minimum atomic E-state index is 0.465. The molecule has 6 aromatic heterocycles. The van der Waals surface area contributed by atoms with Crippen molar-refractivity contribution in [3.63, 3.8) is 0 Å². The van der Waals surface area contributed by atoms with Crippen molar-refractivity contribution in [2.24, 2.45) is 0 Å². The molecule has 0 atom stereocenters. The third-order valence-corrected chi connectivity index (χ3v) is 6.31. The van der Waals surface area contributed by atoms with Crippen molar-refractivity contribution < 1.29 is 4.74 Å². The first-order valence-electron chi connectivity index (χ1n) is 12.0. The van der Waals surface area contributed by atoms with E-state index in [4.69, 9.17) is 9.72 Å². The van der Waals surface area contributed by atoms with Crippen LogP contribution in [0.15, 0.2) is 98.0 Å². The van der Waals surface area contributed by atoms with Gasteiger partial charge in [-0.3, -0.25) is 25.0 Å². The lowest BCUT2D eigenvalue weighted by atomic mass is 10.1. The van der Waals surface area contributed by atoms with Crippen LogP contribution in [0.3, 0.4) is 0 Å². The fraction of sp³-hybridized carbons (Fsp3) is 0.0345. The zero-order valence-electron chi connectivity index (χ0n) is 20.0. The first-order valence-corrected chi connectivity index (χ1v) is 12.0. The molecule has 2 N–H and O–H groups in total. The van der Waals surface area contributed by atoms with Crippen molar-refractivity contribution in [3.05, 3.63) is 104 Å². The van der Waals surface area contributed by atoms with Gasteiger partial charge in [0.05, 0.1) is 40.8 Å². The van der Waals surface area contributed by atoms with Crippen molar-refractivity contribution >= 4 is 21.9 Å². The highest BCUT2D eigenvalue weighted by Crippen LogP contribution is 2.32. The molecule has 0 amide bonds. The monoisotopic (exact) mass is 496 g/mol. The van der Waals surface area contributed by atoms with Crippen LogP contribution in [-0.4, -0.2) is 40.1 Å². The molecule has 182 valence electrons. The molecule has 9 nitrogen and oxygen atoms in total. The number of ether oxygens (including phenoxy) is 1. The van der Waals surface area contributed by atoms with Crippen molar-refractivity contribution in [3.8, 4) is 39.7 Å². The Morgan fingerprint density at radius 3 is 2.53 bits per heavy atom. The lowest BCUT2D eigenvalue weighted by Gasteiger charge is -2.08. The van der Waals surface area contributed by atoms with E-state index in [-0.39, 0.29) is 0 Å². The number of rotatable bonds is 6. The molecule has 7 rings (SSSR count). The van der Waals surface area contributed by atoms with Crippen LogP contribution in [0.2, 0.25) is 0 Å². The van der Waals surface area contributed by atoms with Gasteiger partial charge in [0.2, 0.25) is 0 Å². The number of aromatic nitrogens is 8. The summed E-state index contributed by atoms with van der Waals surface area (Å²) in [5.74, 6) is 1.32. The zero-order chi connectivity index (χ0) is 25.3. The van der Waals surface area contributed by atoms with Crippen molar-refractivity contribution in [2.45, 2.75) is 6.61 Å². The molecule has 0 bridgehead atoms. The maximum absolute atomic E-state index is 5.97. The Balaban J connectivity index is 1.24. The minimum absolute atomic E-state index is 0.465. The average Bonchev–Trinajstić information content (AvgIpc) is 3.61. The summed E-state index contributed by atoms with van der Waals surface area (Å²) in [5.41, 5.74) is 7.77. The Kier molecular flexibility index (Phi) is 5.29.